The molecule has 4 aliphatic rings. The third-order valence-corrected chi connectivity index (χ3v) is 35.3. The van der Waals surface area contributed by atoms with E-state index in [-0.39, 0.29) is 39.2 Å². The van der Waals surface area contributed by atoms with Crippen LogP contribution in [-0.2, 0) is 80.2 Å². The van der Waals surface area contributed by atoms with Crippen LogP contribution in [0.5, 0.6) is 0 Å². The van der Waals surface area contributed by atoms with Crippen LogP contribution in [0, 0.1) is 18.8 Å². The highest BCUT2D eigenvalue weighted by Crippen LogP contribution is 2.42. The van der Waals surface area contributed by atoms with E-state index in [4.69, 9.17) is 34.8 Å². The van der Waals surface area contributed by atoms with Gasteiger partial charge in [-0.3, -0.25) is 18.9 Å². The van der Waals surface area contributed by atoms with E-state index in [1.54, 1.807) is 42.5 Å². The first-order valence-electron chi connectivity index (χ1n) is 39.9. The van der Waals surface area contributed by atoms with E-state index < -0.39 is 80.2 Å². The number of aryl methyl sites for hydroxylation is 1. The van der Waals surface area contributed by atoms with E-state index in [1.165, 1.54) is 153 Å². The minimum Gasteiger partial charge on any atom is -0.370 e. The lowest BCUT2D eigenvalue weighted by atomic mass is 9.98. The molecule has 4 aliphatic heterocycles. The maximum Gasteiger partial charge on any atom is 0.261 e. The van der Waals surface area contributed by atoms with Crippen LogP contribution >= 0.6 is 34.8 Å². The summed E-state index contributed by atoms with van der Waals surface area (Å²) in [5.41, 5.74) is 5.85. The number of nitrogens with one attached hydrogen (secondary N) is 4. The summed E-state index contributed by atoms with van der Waals surface area (Å²) in [6.45, 7) is 15.7. The Morgan fingerprint density at radius 3 is 0.951 bits per heavy atom. The molecule has 12 rings (SSSR count). The Morgan fingerprint density at radius 1 is 0.328 bits per heavy atom. The molecule has 0 amide bonds. The lowest BCUT2D eigenvalue weighted by Gasteiger charge is -2.38. The number of rotatable bonds is 26. The predicted octanol–water partition coefficient (Wildman–Crippen LogP) is 15.2. The highest BCUT2D eigenvalue weighted by molar-refractivity contribution is 7.94. The van der Waals surface area contributed by atoms with Crippen LogP contribution in [0.1, 0.15) is 110 Å². The Balaban J connectivity index is 0.000000185. The molecule has 0 saturated carbocycles. The third-order valence-electron chi connectivity index (χ3n) is 21.7. The van der Waals surface area contributed by atoms with Crippen molar-refractivity contribution < 1.29 is 67.3 Å². The third kappa shape index (κ3) is 24.4. The number of nitrogens with zero attached hydrogens (tertiary/aromatic N) is 8. The number of benzene rings is 8. The fourth-order valence-corrected chi connectivity index (χ4v) is 22.9. The van der Waals surface area contributed by atoms with Crippen molar-refractivity contribution >= 4 is 160 Å². The van der Waals surface area contributed by atoms with Crippen molar-refractivity contribution in [1.82, 2.24) is 17.2 Å². The molecule has 4 fully saturated rings. The first kappa shape index (κ1) is 98.3. The number of halogens is 3. The summed E-state index contributed by atoms with van der Waals surface area (Å²) >= 11 is 18.8. The number of sulfonamides is 8. The van der Waals surface area contributed by atoms with Crippen molar-refractivity contribution in [3.63, 3.8) is 0 Å². The highest BCUT2D eigenvalue weighted by Gasteiger charge is 2.32. The van der Waals surface area contributed by atoms with Crippen molar-refractivity contribution in [2.24, 2.45) is 11.8 Å². The lowest BCUT2D eigenvalue weighted by molar-refractivity contribution is 0.438. The van der Waals surface area contributed by atoms with E-state index in [1.807, 2.05) is 37.3 Å². The minimum atomic E-state index is -3.94. The second kappa shape index (κ2) is 41.3. The van der Waals surface area contributed by atoms with Gasteiger partial charge in [-0.2, -0.15) is 0 Å². The predicted molar refractivity (Wildman–Crippen MR) is 490 cm³/mol. The van der Waals surface area contributed by atoms with Crippen LogP contribution in [0.2, 0.25) is 15.1 Å². The van der Waals surface area contributed by atoms with Gasteiger partial charge in [0.1, 0.15) is 0 Å². The Labute approximate surface area is 738 Å². The van der Waals surface area contributed by atoms with Gasteiger partial charge in [0, 0.05) is 118 Å². The average molecular weight is 1900 g/mol. The Bertz CT molecular complexity index is 5640. The number of hydrogen-bond donors (Lipinski definition) is 4. The molecule has 122 heavy (non-hydrogen) atoms. The molecule has 2 atom stereocenters. The zero-order valence-corrected chi connectivity index (χ0v) is 79.5. The topological polar surface area (TPSA) is 347 Å². The SMILES string of the molecule is CC1CCN(c2ccc(Cl)cc2NS(=O)(=O)c2ccc(S(=O)(=O)N(C)C)cc2)CC1.CCC1CCCCN1c1c(Cl)cccc1NS(=O)(=O)c1ccc(S(=O)(=O)N(C)C)cc1.CCC1CCCCN1c1ccc(Cl)cc1NS(=O)(=O)c1ccc(S(=O)(=O)N(C)C)cc1.Cc1ccc(N2CCC(C)CC2)c(NS(=O)(=O)c2ccc(S(=O)(=O)N(C)C)cc2)c1. The van der Waals surface area contributed by atoms with Gasteiger partial charge < -0.3 is 19.6 Å². The standard InChI is InChI=1S/2C21H28ClN3O4S2.C21H29N3O4S2.C20H26ClN3O4S2/c1-4-16-8-5-6-15-25(16)21-19(22)9-7-10-20(21)23-30(26,27)17-11-13-18(14-12-17)31(28,29)24(2)3;1-4-17-7-5-6-14-25(17)21-13-8-16(22)15-20(21)23-30(26,27)18-9-11-19(12-10-18)31(28,29)24(2)3;1-16-11-13-24(14-12-16)21-10-5-17(2)15-20(21)22-29(25,26)18-6-8-19(9-7-18)30(27,28)23(3)4;1-15-10-12-24(13-11-15)20-9-4-16(21)14-19(20)22-29(25,26)17-5-7-18(8-6-17)30(27,28)23(2)3/h7,9-14,16,23H,4-6,8,15H2,1-3H3;8-13,15,17,23H,4-7,14H2,1-3H3;5-10,15-16,22H,11-14H2,1-4H3;4-9,14-15,22H,10-13H2,1-3H3. The summed E-state index contributed by atoms with van der Waals surface area (Å²) in [5.74, 6) is 1.31. The Kier molecular flexibility index (Phi) is 33.2. The summed E-state index contributed by atoms with van der Waals surface area (Å²) in [5, 5.41) is 1.35. The van der Waals surface area contributed by atoms with Crippen LogP contribution in [0.4, 0.5) is 45.5 Å². The summed E-state index contributed by atoms with van der Waals surface area (Å²) in [6, 6.07) is 42.7. The van der Waals surface area contributed by atoms with Gasteiger partial charge in [0.05, 0.1) is 89.7 Å². The first-order chi connectivity index (χ1) is 57.1. The molecule has 0 bridgehead atoms. The summed E-state index contributed by atoms with van der Waals surface area (Å²) in [4.78, 5) is 8.86. The summed E-state index contributed by atoms with van der Waals surface area (Å²) in [7, 11) is -18.8. The number of para-hydroxylation sites is 1. The van der Waals surface area contributed by atoms with Gasteiger partial charge in [0.25, 0.3) is 40.1 Å². The minimum absolute atomic E-state index is 0.0138. The number of piperidine rings is 4. The van der Waals surface area contributed by atoms with Gasteiger partial charge >= 0.3 is 0 Å². The molecule has 4 saturated heterocycles. The Hall–Kier alpha value is -7.53. The fraction of sp³-hybridized carbons (Fsp3) is 0.422. The summed E-state index contributed by atoms with van der Waals surface area (Å²) < 4.78 is 217. The molecule has 8 aromatic carbocycles. The number of hydrogen-bond acceptors (Lipinski definition) is 20. The summed E-state index contributed by atoms with van der Waals surface area (Å²) in [6.07, 6.45) is 12.6. The molecule has 8 aromatic rings. The monoisotopic (exact) mass is 1890 g/mol. The van der Waals surface area contributed by atoms with Crippen molar-refractivity contribution in [1.29, 1.82) is 0 Å². The van der Waals surface area contributed by atoms with Gasteiger partial charge in [-0.25, -0.2) is 84.6 Å². The molecule has 4 heterocycles. The van der Waals surface area contributed by atoms with Crippen LogP contribution in [0.15, 0.2) is 209 Å². The van der Waals surface area contributed by atoms with Gasteiger partial charge in [-0.1, -0.05) is 74.6 Å². The van der Waals surface area contributed by atoms with Crippen LogP contribution in [0.25, 0.3) is 0 Å². The van der Waals surface area contributed by atoms with E-state index in [2.05, 4.69) is 66.2 Å². The first-order valence-corrected chi connectivity index (χ1v) is 52.7. The molecular formula is C83H111Cl3N12O16S8. The van der Waals surface area contributed by atoms with Crippen molar-refractivity contribution in [2.75, 3.05) is 134 Å². The second-order valence-electron chi connectivity index (χ2n) is 31.3. The maximum absolute atomic E-state index is 13.1. The quantitative estimate of drug-likeness (QED) is 0.0391. The van der Waals surface area contributed by atoms with Crippen molar-refractivity contribution in [3.05, 3.63) is 190 Å². The van der Waals surface area contributed by atoms with E-state index in [0.29, 0.717) is 67.4 Å². The zero-order valence-electron chi connectivity index (χ0n) is 70.7. The van der Waals surface area contributed by atoms with Gasteiger partial charge in [-0.15, -0.1) is 0 Å². The fourth-order valence-electron chi connectivity index (χ4n) is 14.4. The van der Waals surface area contributed by atoms with Crippen LogP contribution in [0.3, 0.4) is 0 Å². The molecular weight excluding hydrogens is 1780 g/mol. The van der Waals surface area contributed by atoms with Gasteiger partial charge in [0.2, 0.25) is 40.1 Å². The van der Waals surface area contributed by atoms with Crippen molar-refractivity contribution in [2.45, 2.75) is 163 Å². The van der Waals surface area contributed by atoms with E-state index >= 15 is 0 Å². The van der Waals surface area contributed by atoms with Gasteiger partial charge in [0.15, 0.2) is 0 Å². The lowest BCUT2D eigenvalue weighted by Crippen LogP contribution is -2.39. The average Bonchev–Trinajstić information content (AvgIpc) is 0.802. The van der Waals surface area contributed by atoms with Crippen molar-refractivity contribution in [3.8, 4) is 0 Å². The second-order valence-corrected chi connectivity index (χ2v) is 47.9. The molecule has 0 radical (unpaired) electrons. The van der Waals surface area contributed by atoms with Crippen LogP contribution in [-0.4, -0.2) is 192 Å². The molecule has 2 unspecified atom stereocenters. The normalized spacial score (nSPS) is 16.9. The molecule has 4 N–H and O–H groups in total. The maximum atomic E-state index is 13.1. The zero-order chi connectivity index (χ0) is 89.8. The molecule has 0 spiro atoms. The van der Waals surface area contributed by atoms with Crippen LogP contribution < -0.4 is 38.5 Å². The molecule has 28 nitrogen and oxygen atoms in total. The molecule has 0 aromatic heterocycles. The largest absolute Gasteiger partial charge is 0.370 e. The van der Waals surface area contributed by atoms with E-state index in [0.717, 1.165) is 156 Å². The van der Waals surface area contributed by atoms with E-state index in [9.17, 15) is 67.3 Å². The molecule has 0 aliphatic carbocycles. The highest BCUT2D eigenvalue weighted by atomic mass is 35.5. The van der Waals surface area contributed by atoms with Gasteiger partial charge in [-0.05, 0) is 259 Å². The smallest absolute Gasteiger partial charge is 0.261 e. The molecule has 668 valence electrons. The Morgan fingerprint density at radius 2 is 0.615 bits per heavy atom. The molecule has 39 heteroatoms. The number of anilines is 8.